The summed E-state index contributed by atoms with van der Waals surface area (Å²) >= 11 is 5.88. The molecular weight excluding hydrogens is 404 g/mol. The number of halogens is 1. The van der Waals surface area contributed by atoms with Crippen molar-refractivity contribution in [3.63, 3.8) is 0 Å². The number of ketones is 1. The summed E-state index contributed by atoms with van der Waals surface area (Å²) in [7, 11) is 2.96. The van der Waals surface area contributed by atoms with Gasteiger partial charge in [-0.25, -0.2) is 4.79 Å². The number of ether oxygens (including phenoxy) is 3. The number of methoxy groups -OCH3 is 2. The van der Waals surface area contributed by atoms with Crippen molar-refractivity contribution >= 4 is 29.4 Å². The third-order valence-corrected chi connectivity index (χ3v) is 4.53. The van der Waals surface area contributed by atoms with Gasteiger partial charge in [0.2, 0.25) is 0 Å². The summed E-state index contributed by atoms with van der Waals surface area (Å²) in [6.07, 6.45) is 3.07. The maximum Gasteiger partial charge on any atom is 0.347 e. The predicted octanol–water partition coefficient (Wildman–Crippen LogP) is 5.47. The normalized spacial score (nSPS) is 10.6. The minimum atomic E-state index is -0.642. The van der Waals surface area contributed by atoms with Crippen LogP contribution in [0.15, 0.2) is 72.8 Å². The summed E-state index contributed by atoms with van der Waals surface area (Å²) < 4.78 is 15.9. The van der Waals surface area contributed by atoms with E-state index in [0.29, 0.717) is 16.5 Å². The summed E-state index contributed by atoms with van der Waals surface area (Å²) in [4.78, 5) is 25.5. The lowest BCUT2D eigenvalue weighted by Gasteiger charge is -2.12. The van der Waals surface area contributed by atoms with Crippen LogP contribution in [0.5, 0.6) is 17.2 Å². The molecule has 0 saturated heterocycles. The van der Waals surface area contributed by atoms with Crippen LogP contribution in [0.4, 0.5) is 0 Å². The number of allylic oxidation sites excluding steroid dienone is 1. The first-order valence-corrected chi connectivity index (χ1v) is 9.41. The Hall–Kier alpha value is -3.57. The summed E-state index contributed by atoms with van der Waals surface area (Å²) in [5.74, 6) is -0.0418. The highest BCUT2D eigenvalue weighted by molar-refractivity contribution is 6.30. The first-order valence-electron chi connectivity index (χ1n) is 9.03. The highest BCUT2D eigenvalue weighted by atomic mass is 35.5. The second-order valence-electron chi connectivity index (χ2n) is 6.20. The van der Waals surface area contributed by atoms with Gasteiger partial charge in [-0.15, -0.1) is 0 Å². The smallest absolute Gasteiger partial charge is 0.347 e. The Morgan fingerprint density at radius 1 is 0.833 bits per heavy atom. The van der Waals surface area contributed by atoms with Crippen LogP contribution in [-0.4, -0.2) is 26.0 Å². The first-order chi connectivity index (χ1) is 14.5. The second kappa shape index (κ2) is 9.76. The molecule has 0 aliphatic heterocycles. The van der Waals surface area contributed by atoms with E-state index in [0.717, 1.165) is 5.56 Å². The van der Waals surface area contributed by atoms with Crippen molar-refractivity contribution in [1.29, 1.82) is 0 Å². The van der Waals surface area contributed by atoms with Crippen LogP contribution in [0, 0.1) is 0 Å². The Bertz CT molecular complexity index is 1090. The molecule has 0 unspecified atom stereocenters. The number of carbonyl (C=O) groups excluding carboxylic acids is 2. The third-order valence-electron chi connectivity index (χ3n) is 4.28. The van der Waals surface area contributed by atoms with Crippen molar-refractivity contribution in [3.8, 4) is 17.2 Å². The Labute approximate surface area is 179 Å². The largest absolute Gasteiger partial charge is 0.497 e. The van der Waals surface area contributed by atoms with E-state index >= 15 is 0 Å². The molecule has 0 saturated carbocycles. The fourth-order valence-corrected chi connectivity index (χ4v) is 2.85. The Morgan fingerprint density at radius 3 is 2.27 bits per heavy atom. The summed E-state index contributed by atoms with van der Waals surface area (Å²) in [5.41, 5.74) is 1.29. The van der Waals surface area contributed by atoms with Gasteiger partial charge >= 0.3 is 5.97 Å². The maximum absolute atomic E-state index is 12.8. The standard InChI is InChI=1S/C24H19ClO5/c1-28-18-12-13-19(21(26)14-9-16-7-10-17(25)11-8-16)23(15-18)30-24(27)20-5-3-4-6-22(20)29-2/h3-15H,1-2H3. The molecule has 0 amide bonds. The quantitative estimate of drug-likeness (QED) is 0.218. The fourth-order valence-electron chi connectivity index (χ4n) is 2.72. The minimum absolute atomic E-state index is 0.0935. The molecule has 0 aromatic heterocycles. The number of carbonyl (C=O) groups is 2. The number of benzene rings is 3. The van der Waals surface area contributed by atoms with Crippen LogP contribution in [0.2, 0.25) is 5.02 Å². The van der Waals surface area contributed by atoms with Crippen molar-refractivity contribution in [2.75, 3.05) is 14.2 Å². The predicted molar refractivity (Wildman–Crippen MR) is 116 cm³/mol. The molecule has 0 spiro atoms. The van der Waals surface area contributed by atoms with Crippen molar-refractivity contribution in [2.24, 2.45) is 0 Å². The molecule has 0 aliphatic rings. The average molecular weight is 423 g/mol. The molecule has 5 nitrogen and oxygen atoms in total. The summed E-state index contributed by atoms with van der Waals surface area (Å²) in [6, 6.07) is 18.4. The fraction of sp³-hybridized carbons (Fsp3) is 0.0833. The number of esters is 1. The monoisotopic (exact) mass is 422 g/mol. The molecule has 0 radical (unpaired) electrons. The summed E-state index contributed by atoms with van der Waals surface area (Å²) in [5, 5.41) is 0.610. The van der Waals surface area contributed by atoms with E-state index in [2.05, 4.69) is 0 Å². The lowest BCUT2D eigenvalue weighted by molar-refractivity contribution is 0.0729. The van der Waals surface area contributed by atoms with Crippen LogP contribution in [-0.2, 0) is 0 Å². The van der Waals surface area contributed by atoms with Gasteiger partial charge in [-0.3, -0.25) is 4.79 Å². The van der Waals surface area contributed by atoms with Crippen molar-refractivity contribution in [3.05, 3.63) is 94.5 Å². The zero-order valence-electron chi connectivity index (χ0n) is 16.4. The Kier molecular flexibility index (Phi) is 6.88. The number of hydrogen-bond donors (Lipinski definition) is 0. The highest BCUT2D eigenvalue weighted by Gasteiger charge is 2.19. The van der Waals surface area contributed by atoms with Gasteiger partial charge in [0.25, 0.3) is 0 Å². The van der Waals surface area contributed by atoms with E-state index in [1.165, 1.54) is 26.4 Å². The molecule has 0 bridgehead atoms. The van der Waals surface area contributed by atoms with Gasteiger partial charge in [0, 0.05) is 11.1 Å². The van der Waals surface area contributed by atoms with E-state index in [4.69, 9.17) is 25.8 Å². The zero-order valence-corrected chi connectivity index (χ0v) is 17.2. The highest BCUT2D eigenvalue weighted by Crippen LogP contribution is 2.28. The minimum Gasteiger partial charge on any atom is -0.497 e. The van der Waals surface area contributed by atoms with Crippen molar-refractivity contribution in [2.45, 2.75) is 0 Å². The topological polar surface area (TPSA) is 61.8 Å². The van der Waals surface area contributed by atoms with Crippen LogP contribution < -0.4 is 14.2 Å². The molecule has 30 heavy (non-hydrogen) atoms. The molecule has 3 aromatic rings. The van der Waals surface area contributed by atoms with Gasteiger partial charge in [-0.2, -0.15) is 0 Å². The molecule has 3 aromatic carbocycles. The van der Waals surface area contributed by atoms with Crippen LogP contribution in [0.3, 0.4) is 0 Å². The van der Waals surface area contributed by atoms with E-state index in [-0.39, 0.29) is 22.7 Å². The number of hydrogen-bond acceptors (Lipinski definition) is 5. The maximum atomic E-state index is 12.8. The number of para-hydroxylation sites is 1. The molecule has 152 valence electrons. The van der Waals surface area contributed by atoms with Crippen molar-refractivity contribution < 1.29 is 23.8 Å². The van der Waals surface area contributed by atoms with E-state index in [1.807, 2.05) is 0 Å². The number of rotatable bonds is 7. The van der Waals surface area contributed by atoms with Gasteiger partial charge in [0.05, 0.1) is 19.8 Å². The van der Waals surface area contributed by atoms with E-state index < -0.39 is 5.97 Å². The van der Waals surface area contributed by atoms with Gasteiger partial charge in [0.1, 0.15) is 22.8 Å². The molecule has 0 aliphatic carbocycles. The Balaban J connectivity index is 1.89. The van der Waals surface area contributed by atoms with Crippen LogP contribution >= 0.6 is 11.6 Å². The van der Waals surface area contributed by atoms with Gasteiger partial charge in [-0.1, -0.05) is 41.9 Å². The van der Waals surface area contributed by atoms with E-state index in [1.54, 1.807) is 66.7 Å². The molecule has 0 heterocycles. The molecule has 6 heteroatoms. The molecule has 0 atom stereocenters. The average Bonchev–Trinajstić information content (AvgIpc) is 2.78. The lowest BCUT2D eigenvalue weighted by Crippen LogP contribution is -2.12. The van der Waals surface area contributed by atoms with Crippen molar-refractivity contribution in [1.82, 2.24) is 0 Å². The van der Waals surface area contributed by atoms with E-state index in [9.17, 15) is 9.59 Å². The van der Waals surface area contributed by atoms with Gasteiger partial charge in [0.15, 0.2) is 5.78 Å². The Morgan fingerprint density at radius 2 is 1.57 bits per heavy atom. The van der Waals surface area contributed by atoms with Crippen LogP contribution in [0.25, 0.3) is 6.08 Å². The second-order valence-corrected chi connectivity index (χ2v) is 6.64. The molecule has 3 rings (SSSR count). The third kappa shape index (κ3) is 5.07. The first kappa shape index (κ1) is 21.1. The van der Waals surface area contributed by atoms with Gasteiger partial charge in [-0.05, 0) is 48.0 Å². The molecule has 0 fully saturated rings. The SMILES string of the molecule is COc1ccc(C(=O)C=Cc2ccc(Cl)cc2)c(OC(=O)c2ccccc2OC)c1. The summed E-state index contributed by atoms with van der Waals surface area (Å²) in [6.45, 7) is 0. The van der Waals surface area contributed by atoms with Gasteiger partial charge < -0.3 is 14.2 Å². The lowest BCUT2D eigenvalue weighted by atomic mass is 10.1. The molecule has 0 N–H and O–H groups in total. The zero-order chi connectivity index (χ0) is 21.5. The molecular formula is C24H19ClO5. The van der Waals surface area contributed by atoms with Crippen LogP contribution in [0.1, 0.15) is 26.3 Å².